The first-order valence-corrected chi connectivity index (χ1v) is 18.0. The van der Waals surface area contributed by atoms with Crippen molar-refractivity contribution in [3.05, 3.63) is 205 Å². The fourth-order valence-corrected chi connectivity index (χ4v) is 7.86. The highest BCUT2D eigenvalue weighted by Crippen LogP contribution is 2.43. The molecule has 0 fully saturated rings. The largest absolute Gasteiger partial charge is 0.456 e. The zero-order chi connectivity index (χ0) is 34.4. The number of anilines is 2. The smallest absolute Gasteiger partial charge is 0.136 e. The van der Waals surface area contributed by atoms with Gasteiger partial charge >= 0.3 is 0 Å². The van der Waals surface area contributed by atoms with E-state index in [1.807, 2.05) is 0 Å². The number of hydrogen-bond donors (Lipinski definition) is 0. The number of hydrogen-bond acceptors (Lipinski definition) is 2. The Hall–Kier alpha value is -6.64. The van der Waals surface area contributed by atoms with Gasteiger partial charge in [0.1, 0.15) is 11.2 Å². The lowest BCUT2D eigenvalue weighted by Gasteiger charge is -2.31. The summed E-state index contributed by atoms with van der Waals surface area (Å²) < 4.78 is 6.38. The van der Waals surface area contributed by atoms with Crippen molar-refractivity contribution in [2.45, 2.75) is 12.3 Å². The van der Waals surface area contributed by atoms with Gasteiger partial charge in [-0.05, 0) is 105 Å². The van der Waals surface area contributed by atoms with Crippen LogP contribution in [0.3, 0.4) is 0 Å². The molecule has 0 aliphatic heterocycles. The van der Waals surface area contributed by atoms with Gasteiger partial charge in [-0.1, -0.05) is 140 Å². The molecule has 52 heavy (non-hydrogen) atoms. The number of para-hydroxylation sites is 1. The summed E-state index contributed by atoms with van der Waals surface area (Å²) in [5.74, 6) is 0.352. The highest BCUT2D eigenvalue weighted by molar-refractivity contribution is 6.11. The zero-order valence-electron chi connectivity index (χ0n) is 28.6. The van der Waals surface area contributed by atoms with Gasteiger partial charge in [0.05, 0.1) is 5.69 Å². The standard InChI is InChI=1S/C50H35NO/c1-2-10-34(11-3-1)36-20-25-43(26-21-36)51(44-27-22-37(23-28-44)41-19-18-35-12-4-5-13-38(35)30-41)48-17-9-8-16-45(48)42-24-29-49-46(32-42)47-31-39-14-6-7-15-40(39)33-50(47)52-49/h1-20,22-33,36H,21H2. The molecule has 0 spiro atoms. The Labute approximate surface area is 303 Å². The first kappa shape index (κ1) is 30.2. The van der Waals surface area contributed by atoms with Gasteiger partial charge in [0.2, 0.25) is 0 Å². The molecule has 8 aromatic carbocycles. The van der Waals surface area contributed by atoms with Crippen LogP contribution in [0.4, 0.5) is 11.4 Å². The fraction of sp³-hybridized carbons (Fsp3) is 0.0400. The molecule has 0 N–H and O–H groups in total. The summed E-state index contributed by atoms with van der Waals surface area (Å²) in [6, 6.07) is 63.4. The molecule has 1 unspecified atom stereocenters. The molecule has 1 aromatic heterocycles. The number of allylic oxidation sites excluding steroid dienone is 3. The lowest BCUT2D eigenvalue weighted by atomic mass is 9.91. The van der Waals surface area contributed by atoms with Crippen LogP contribution in [0.2, 0.25) is 0 Å². The SMILES string of the molecule is C1=CC(c2ccccc2)CC=C1N(c1ccc(-c2ccc3ccccc3c2)cc1)c1ccccc1-c1ccc2oc3cc4ccccc4cc3c2c1. The third-order valence-electron chi connectivity index (χ3n) is 10.6. The summed E-state index contributed by atoms with van der Waals surface area (Å²) in [5, 5.41) is 7.17. The minimum atomic E-state index is 0.352. The quantitative estimate of drug-likeness (QED) is 0.176. The Morgan fingerprint density at radius 1 is 0.481 bits per heavy atom. The van der Waals surface area contributed by atoms with Crippen LogP contribution < -0.4 is 4.90 Å². The molecule has 1 aliphatic rings. The van der Waals surface area contributed by atoms with Crippen LogP contribution in [-0.2, 0) is 0 Å². The highest BCUT2D eigenvalue weighted by Gasteiger charge is 2.21. The van der Waals surface area contributed by atoms with E-state index < -0.39 is 0 Å². The second-order valence-electron chi connectivity index (χ2n) is 13.7. The Morgan fingerprint density at radius 3 is 1.92 bits per heavy atom. The third-order valence-corrected chi connectivity index (χ3v) is 10.6. The van der Waals surface area contributed by atoms with Gasteiger partial charge < -0.3 is 9.32 Å². The van der Waals surface area contributed by atoms with Crippen LogP contribution >= 0.6 is 0 Å². The van der Waals surface area contributed by atoms with Crippen molar-refractivity contribution in [2.24, 2.45) is 0 Å². The molecule has 9 aromatic rings. The Kier molecular flexibility index (Phi) is 7.32. The van der Waals surface area contributed by atoms with E-state index in [1.165, 1.54) is 43.9 Å². The molecule has 1 atom stereocenters. The zero-order valence-corrected chi connectivity index (χ0v) is 28.6. The molecule has 1 heterocycles. The van der Waals surface area contributed by atoms with Gasteiger partial charge in [0, 0.05) is 33.6 Å². The molecular formula is C50H35NO. The average Bonchev–Trinajstić information content (AvgIpc) is 3.57. The normalized spacial score (nSPS) is 14.3. The number of furan rings is 1. The summed E-state index contributed by atoms with van der Waals surface area (Å²) in [5.41, 5.74) is 11.3. The molecular weight excluding hydrogens is 631 g/mol. The number of rotatable bonds is 6. The summed E-state index contributed by atoms with van der Waals surface area (Å²) in [6.45, 7) is 0. The highest BCUT2D eigenvalue weighted by atomic mass is 16.3. The van der Waals surface area contributed by atoms with E-state index in [2.05, 4.69) is 199 Å². The van der Waals surface area contributed by atoms with Gasteiger partial charge in [-0.2, -0.15) is 0 Å². The Bertz CT molecular complexity index is 2820. The number of nitrogens with zero attached hydrogens (tertiary/aromatic N) is 1. The van der Waals surface area contributed by atoms with E-state index in [4.69, 9.17) is 4.42 Å². The van der Waals surface area contributed by atoms with Gasteiger partial charge in [0.15, 0.2) is 0 Å². The van der Waals surface area contributed by atoms with E-state index in [-0.39, 0.29) is 0 Å². The second kappa shape index (κ2) is 12.6. The van der Waals surface area contributed by atoms with E-state index in [9.17, 15) is 0 Å². The van der Waals surface area contributed by atoms with Crippen molar-refractivity contribution in [2.75, 3.05) is 4.90 Å². The summed E-state index contributed by atoms with van der Waals surface area (Å²) in [6.07, 6.45) is 7.99. The van der Waals surface area contributed by atoms with Crippen molar-refractivity contribution in [3.63, 3.8) is 0 Å². The monoisotopic (exact) mass is 665 g/mol. The molecule has 2 heteroatoms. The maximum absolute atomic E-state index is 6.38. The molecule has 10 rings (SSSR count). The maximum Gasteiger partial charge on any atom is 0.136 e. The molecule has 2 nitrogen and oxygen atoms in total. The van der Waals surface area contributed by atoms with Crippen LogP contribution in [0.15, 0.2) is 204 Å². The first-order valence-electron chi connectivity index (χ1n) is 18.0. The van der Waals surface area contributed by atoms with Gasteiger partial charge in [-0.25, -0.2) is 0 Å². The molecule has 0 saturated heterocycles. The van der Waals surface area contributed by atoms with Crippen molar-refractivity contribution in [1.82, 2.24) is 0 Å². The van der Waals surface area contributed by atoms with Gasteiger partial charge in [-0.3, -0.25) is 0 Å². The summed E-state index contributed by atoms with van der Waals surface area (Å²) in [7, 11) is 0. The fourth-order valence-electron chi connectivity index (χ4n) is 7.86. The number of fused-ring (bicyclic) bond motifs is 5. The average molecular weight is 666 g/mol. The molecule has 0 bridgehead atoms. The van der Waals surface area contributed by atoms with E-state index in [1.54, 1.807) is 0 Å². The predicted molar refractivity (Wildman–Crippen MR) is 219 cm³/mol. The lowest BCUT2D eigenvalue weighted by molar-refractivity contribution is 0.669. The van der Waals surface area contributed by atoms with Crippen molar-refractivity contribution < 1.29 is 4.42 Å². The Morgan fingerprint density at radius 2 is 1.13 bits per heavy atom. The number of benzene rings is 8. The minimum absolute atomic E-state index is 0.352. The van der Waals surface area contributed by atoms with Gasteiger partial charge in [-0.15, -0.1) is 0 Å². The lowest BCUT2D eigenvalue weighted by Crippen LogP contribution is -2.18. The van der Waals surface area contributed by atoms with Crippen molar-refractivity contribution in [1.29, 1.82) is 0 Å². The molecule has 0 radical (unpaired) electrons. The molecule has 0 saturated carbocycles. The first-order chi connectivity index (χ1) is 25.7. The van der Waals surface area contributed by atoms with E-state index in [0.717, 1.165) is 50.9 Å². The Balaban J connectivity index is 1.08. The summed E-state index contributed by atoms with van der Waals surface area (Å²) >= 11 is 0. The van der Waals surface area contributed by atoms with E-state index in [0.29, 0.717) is 5.92 Å². The molecule has 246 valence electrons. The van der Waals surface area contributed by atoms with Crippen LogP contribution in [-0.4, -0.2) is 0 Å². The molecule has 0 amide bonds. The second-order valence-corrected chi connectivity index (χ2v) is 13.7. The van der Waals surface area contributed by atoms with Crippen LogP contribution in [0.25, 0.3) is 65.7 Å². The van der Waals surface area contributed by atoms with Crippen LogP contribution in [0, 0.1) is 0 Å². The minimum Gasteiger partial charge on any atom is -0.456 e. The maximum atomic E-state index is 6.38. The summed E-state index contributed by atoms with van der Waals surface area (Å²) in [4.78, 5) is 2.42. The van der Waals surface area contributed by atoms with Crippen molar-refractivity contribution in [3.8, 4) is 22.3 Å². The van der Waals surface area contributed by atoms with Gasteiger partial charge in [0.25, 0.3) is 0 Å². The van der Waals surface area contributed by atoms with E-state index >= 15 is 0 Å². The van der Waals surface area contributed by atoms with Crippen LogP contribution in [0.5, 0.6) is 0 Å². The van der Waals surface area contributed by atoms with Crippen LogP contribution in [0.1, 0.15) is 17.9 Å². The van der Waals surface area contributed by atoms with Crippen molar-refractivity contribution >= 4 is 54.9 Å². The predicted octanol–water partition coefficient (Wildman–Crippen LogP) is 14.0. The topological polar surface area (TPSA) is 16.4 Å². The molecule has 1 aliphatic carbocycles. The third kappa shape index (κ3) is 5.37.